The average molecular weight is 437 g/mol. The zero-order chi connectivity index (χ0) is 22.5. The molecule has 0 spiro atoms. The van der Waals surface area contributed by atoms with Crippen molar-refractivity contribution in [1.29, 1.82) is 0 Å². The third-order valence-electron chi connectivity index (χ3n) is 4.10. The summed E-state index contributed by atoms with van der Waals surface area (Å²) in [7, 11) is -4.30. The van der Waals surface area contributed by atoms with Crippen molar-refractivity contribution in [3.8, 4) is 0 Å². The third kappa shape index (κ3) is 5.59. The van der Waals surface area contributed by atoms with E-state index in [1.165, 1.54) is 36.4 Å². The monoisotopic (exact) mass is 437 g/mol. The summed E-state index contributed by atoms with van der Waals surface area (Å²) in [6.45, 7) is 0.954. The van der Waals surface area contributed by atoms with E-state index in [0.717, 1.165) is 17.7 Å². The Labute approximate surface area is 171 Å². The van der Waals surface area contributed by atoms with Gasteiger partial charge >= 0.3 is 11.8 Å². The second-order valence-electron chi connectivity index (χ2n) is 6.30. The van der Waals surface area contributed by atoms with Gasteiger partial charge in [-0.15, -0.1) is 0 Å². The minimum Gasteiger partial charge on any atom is -0.394 e. The van der Waals surface area contributed by atoms with Gasteiger partial charge in [0.05, 0.1) is 22.5 Å². The normalized spacial score (nSPS) is 13.2. The van der Waals surface area contributed by atoms with Crippen molar-refractivity contribution >= 4 is 27.5 Å². The number of rotatable bonds is 7. The summed E-state index contributed by atoms with van der Waals surface area (Å²) >= 11 is 0. The smallest absolute Gasteiger partial charge is 0.323 e. The molecule has 0 bridgehead atoms. The lowest BCUT2D eigenvalue weighted by Gasteiger charge is -2.22. The van der Waals surface area contributed by atoms with Crippen molar-refractivity contribution in [3.05, 3.63) is 69.8 Å². The van der Waals surface area contributed by atoms with Gasteiger partial charge in [0, 0.05) is 12.1 Å². The third-order valence-corrected chi connectivity index (χ3v) is 5.45. The van der Waals surface area contributed by atoms with Crippen LogP contribution in [0.25, 0.3) is 0 Å². The Morgan fingerprint density at radius 3 is 2.13 bits per heavy atom. The van der Waals surface area contributed by atoms with E-state index in [-0.39, 0.29) is 16.1 Å². The Bertz CT molecular complexity index is 1040. The first-order valence-electron chi connectivity index (χ1n) is 8.52. The number of nitro groups is 1. The molecule has 0 radical (unpaired) electrons. The van der Waals surface area contributed by atoms with Crippen molar-refractivity contribution in [2.75, 3.05) is 6.61 Å². The van der Waals surface area contributed by atoms with Crippen LogP contribution in [-0.2, 0) is 19.6 Å². The molecule has 2 aromatic rings. The van der Waals surface area contributed by atoms with Gasteiger partial charge in [-0.05, 0) is 36.8 Å². The molecule has 0 saturated carbocycles. The zero-order valence-electron chi connectivity index (χ0n) is 15.7. The summed E-state index contributed by atoms with van der Waals surface area (Å²) in [5, 5.41) is 32.4. The fraction of sp³-hybridized carbons (Fsp3) is 0.222. The number of non-ortho nitro benzene ring substituents is 1. The van der Waals surface area contributed by atoms with Crippen LogP contribution in [0, 0.1) is 17.0 Å². The molecule has 4 N–H and O–H groups in total. The Morgan fingerprint density at radius 1 is 1.07 bits per heavy atom. The maximum atomic E-state index is 12.2. The molecule has 30 heavy (non-hydrogen) atoms. The number of nitrogens with zero attached hydrogens (tertiary/aromatic N) is 1. The van der Waals surface area contributed by atoms with Gasteiger partial charge in [-0.1, -0.05) is 17.7 Å². The molecule has 2 aromatic carbocycles. The van der Waals surface area contributed by atoms with Gasteiger partial charge < -0.3 is 15.5 Å². The molecule has 0 unspecified atom stereocenters. The van der Waals surface area contributed by atoms with E-state index in [1.807, 2.05) is 5.32 Å². The number of benzene rings is 2. The van der Waals surface area contributed by atoms with Crippen molar-refractivity contribution in [2.24, 2.45) is 0 Å². The lowest BCUT2D eigenvalue weighted by molar-refractivity contribution is -0.384. The summed E-state index contributed by atoms with van der Waals surface area (Å²) < 4.78 is 26.0. The number of nitro benzene ring substituents is 1. The number of aliphatic hydroxyl groups excluding tert-OH is 2. The van der Waals surface area contributed by atoms with Crippen LogP contribution in [0.1, 0.15) is 17.2 Å². The lowest BCUT2D eigenvalue weighted by atomic mass is 10.0. The van der Waals surface area contributed by atoms with E-state index in [9.17, 15) is 38.3 Å². The van der Waals surface area contributed by atoms with Crippen molar-refractivity contribution in [2.45, 2.75) is 24.0 Å². The maximum Gasteiger partial charge on any atom is 0.323 e. The molecule has 160 valence electrons. The predicted molar refractivity (Wildman–Crippen MR) is 104 cm³/mol. The first-order valence-corrected chi connectivity index (χ1v) is 10.0. The molecule has 0 heterocycles. The van der Waals surface area contributed by atoms with Crippen LogP contribution in [0.5, 0.6) is 0 Å². The predicted octanol–water partition coefficient (Wildman–Crippen LogP) is -0.0812. The highest BCUT2D eigenvalue weighted by Crippen LogP contribution is 2.20. The van der Waals surface area contributed by atoms with Crippen molar-refractivity contribution < 1.29 is 33.1 Å². The van der Waals surface area contributed by atoms with Gasteiger partial charge in [-0.25, -0.2) is 13.1 Å². The Kier molecular flexibility index (Phi) is 7.21. The number of aliphatic hydroxyl groups is 2. The highest BCUT2D eigenvalue weighted by Gasteiger charge is 2.28. The SMILES string of the molecule is Cc1ccc(S(=O)(=O)NC(=O)C(=O)N[C@@H](CO)[C@@H](O)c2ccc([N+](=O)[O-])cc2)cc1. The summed E-state index contributed by atoms with van der Waals surface area (Å²) in [5.74, 6) is -2.91. The number of amides is 2. The standard InChI is InChI=1S/C18H19N3O8S/c1-11-2-8-14(9-3-11)30(28,29)20-18(25)17(24)19-15(10-22)16(23)12-4-6-13(7-5-12)21(26)27/h2-9,15-16,22-23H,10H2,1H3,(H,19,24)(H,20,25)/t15-,16-/m0/s1. The molecule has 0 aliphatic heterocycles. The second kappa shape index (κ2) is 9.43. The number of hydrogen-bond acceptors (Lipinski definition) is 8. The lowest BCUT2D eigenvalue weighted by Crippen LogP contribution is -2.49. The van der Waals surface area contributed by atoms with Gasteiger partial charge in [0.15, 0.2) is 0 Å². The molecular weight excluding hydrogens is 418 g/mol. The zero-order valence-corrected chi connectivity index (χ0v) is 16.5. The van der Waals surface area contributed by atoms with Crippen LogP contribution in [-0.4, -0.2) is 48.0 Å². The summed E-state index contributed by atoms with van der Waals surface area (Å²) in [6.07, 6.45) is -1.51. The second-order valence-corrected chi connectivity index (χ2v) is 7.99. The molecule has 0 aliphatic carbocycles. The molecule has 12 heteroatoms. The fourth-order valence-electron chi connectivity index (χ4n) is 2.43. The van der Waals surface area contributed by atoms with E-state index in [2.05, 4.69) is 0 Å². The molecule has 2 atom stereocenters. The Morgan fingerprint density at radius 2 is 1.63 bits per heavy atom. The highest BCUT2D eigenvalue weighted by atomic mass is 32.2. The van der Waals surface area contributed by atoms with E-state index < -0.39 is 45.5 Å². The van der Waals surface area contributed by atoms with Gasteiger partial charge in [-0.2, -0.15) is 0 Å². The van der Waals surface area contributed by atoms with E-state index >= 15 is 0 Å². The van der Waals surface area contributed by atoms with E-state index in [0.29, 0.717) is 0 Å². The summed E-state index contributed by atoms with van der Waals surface area (Å²) in [4.78, 5) is 33.9. The summed E-state index contributed by atoms with van der Waals surface area (Å²) in [6, 6.07) is 8.87. The number of carbonyl (C=O) groups excluding carboxylic acids is 2. The molecule has 2 rings (SSSR count). The van der Waals surface area contributed by atoms with Crippen LogP contribution in [0.3, 0.4) is 0 Å². The largest absolute Gasteiger partial charge is 0.394 e. The fourth-order valence-corrected chi connectivity index (χ4v) is 3.38. The van der Waals surface area contributed by atoms with Gasteiger partial charge in [0.25, 0.3) is 15.7 Å². The van der Waals surface area contributed by atoms with Crippen LogP contribution >= 0.6 is 0 Å². The van der Waals surface area contributed by atoms with Gasteiger partial charge in [0.2, 0.25) is 0 Å². The minimum atomic E-state index is -4.30. The van der Waals surface area contributed by atoms with E-state index in [1.54, 1.807) is 11.6 Å². The van der Waals surface area contributed by atoms with E-state index in [4.69, 9.17) is 0 Å². The van der Waals surface area contributed by atoms with Crippen LogP contribution in [0.4, 0.5) is 5.69 Å². The molecule has 2 amide bonds. The average Bonchev–Trinajstić information content (AvgIpc) is 2.71. The van der Waals surface area contributed by atoms with Gasteiger partial charge in [0.1, 0.15) is 6.10 Å². The number of nitrogens with one attached hydrogen (secondary N) is 2. The molecule has 0 saturated heterocycles. The summed E-state index contributed by atoms with van der Waals surface area (Å²) in [5.41, 5.74) is 0.702. The number of aryl methyl sites for hydroxylation is 1. The van der Waals surface area contributed by atoms with Crippen LogP contribution in [0.15, 0.2) is 53.4 Å². The van der Waals surface area contributed by atoms with Crippen molar-refractivity contribution in [1.82, 2.24) is 10.0 Å². The molecule has 0 aliphatic rings. The number of hydrogen-bond donors (Lipinski definition) is 4. The molecule has 0 fully saturated rings. The molecular formula is C18H19N3O8S. The number of sulfonamides is 1. The Balaban J connectivity index is 2.07. The van der Waals surface area contributed by atoms with Crippen LogP contribution < -0.4 is 10.0 Å². The molecule has 11 nitrogen and oxygen atoms in total. The molecule has 0 aromatic heterocycles. The quantitative estimate of drug-likeness (QED) is 0.264. The minimum absolute atomic E-state index is 0.132. The first-order chi connectivity index (χ1) is 14.0. The van der Waals surface area contributed by atoms with Crippen LogP contribution in [0.2, 0.25) is 0 Å². The first kappa shape index (κ1) is 22.9. The number of carbonyl (C=O) groups is 2. The van der Waals surface area contributed by atoms with Gasteiger partial charge in [-0.3, -0.25) is 19.7 Å². The maximum absolute atomic E-state index is 12.2. The highest BCUT2D eigenvalue weighted by molar-refractivity contribution is 7.90. The topological polar surface area (TPSA) is 176 Å². The van der Waals surface area contributed by atoms with Crippen molar-refractivity contribution in [3.63, 3.8) is 0 Å². The Hall–Kier alpha value is -3.35.